The van der Waals surface area contributed by atoms with Gasteiger partial charge < -0.3 is 15.4 Å². The second-order valence-corrected chi connectivity index (χ2v) is 4.60. The summed E-state index contributed by atoms with van der Waals surface area (Å²) in [5, 5.41) is 0. The number of likely N-dealkylation sites (N-methyl/N-ethyl adjacent to an activating group) is 1. The summed E-state index contributed by atoms with van der Waals surface area (Å²) in [6, 6.07) is 1.73. The number of carbonyl (C=O) groups excluding carboxylic acids is 1. The van der Waals surface area contributed by atoms with Crippen LogP contribution in [0.3, 0.4) is 0 Å². The van der Waals surface area contributed by atoms with Gasteiger partial charge in [-0.05, 0) is 13.0 Å². The second-order valence-electron chi connectivity index (χ2n) is 3.34. The number of anilines is 1. The van der Waals surface area contributed by atoms with Gasteiger partial charge in [0.2, 0.25) is 0 Å². The zero-order valence-corrected chi connectivity index (χ0v) is 10.1. The minimum atomic E-state index is -0.00292. The first-order valence-corrected chi connectivity index (χ1v) is 5.48. The highest BCUT2D eigenvalue weighted by molar-refractivity contribution is 7.14. The monoisotopic (exact) mass is 228 g/mol. The van der Waals surface area contributed by atoms with Crippen molar-refractivity contribution in [2.24, 2.45) is 0 Å². The molecule has 0 aliphatic rings. The summed E-state index contributed by atoms with van der Waals surface area (Å²) in [6.45, 7) is 3.04. The van der Waals surface area contributed by atoms with Crippen LogP contribution in [0.1, 0.15) is 14.5 Å². The van der Waals surface area contributed by atoms with Gasteiger partial charge in [-0.25, -0.2) is 0 Å². The maximum absolute atomic E-state index is 11.8. The molecule has 0 saturated heterocycles. The Kier molecular flexibility index (Phi) is 4.11. The molecular formula is C10H16N2O2S. The number of hydrogen-bond acceptors (Lipinski definition) is 4. The lowest BCUT2D eigenvalue weighted by Gasteiger charge is -2.15. The predicted octanol–water partition coefficient (Wildman–Crippen LogP) is 1.36. The van der Waals surface area contributed by atoms with Gasteiger partial charge in [-0.2, -0.15) is 0 Å². The molecule has 1 amide bonds. The third-order valence-corrected chi connectivity index (χ3v) is 3.20. The van der Waals surface area contributed by atoms with E-state index in [-0.39, 0.29) is 5.91 Å². The third kappa shape index (κ3) is 2.94. The minimum absolute atomic E-state index is 0.00292. The lowest BCUT2D eigenvalue weighted by atomic mass is 10.3. The molecule has 0 saturated carbocycles. The van der Waals surface area contributed by atoms with Crippen LogP contribution >= 0.6 is 11.3 Å². The van der Waals surface area contributed by atoms with E-state index < -0.39 is 0 Å². The highest BCUT2D eigenvalue weighted by Crippen LogP contribution is 2.24. The first-order chi connectivity index (χ1) is 7.06. The van der Waals surface area contributed by atoms with Crippen molar-refractivity contribution in [3.05, 3.63) is 15.8 Å². The van der Waals surface area contributed by atoms with Crippen molar-refractivity contribution >= 4 is 22.9 Å². The largest absolute Gasteiger partial charge is 0.398 e. The fraction of sp³-hybridized carbons (Fsp3) is 0.500. The Morgan fingerprint density at radius 2 is 2.33 bits per heavy atom. The summed E-state index contributed by atoms with van der Waals surface area (Å²) >= 11 is 1.43. The van der Waals surface area contributed by atoms with Crippen LogP contribution in [0.4, 0.5) is 5.69 Å². The van der Waals surface area contributed by atoms with Crippen molar-refractivity contribution in [3.63, 3.8) is 0 Å². The number of ether oxygens (including phenoxy) is 1. The van der Waals surface area contributed by atoms with Gasteiger partial charge in [0.15, 0.2) is 0 Å². The summed E-state index contributed by atoms with van der Waals surface area (Å²) < 4.78 is 4.91. The smallest absolute Gasteiger partial charge is 0.263 e. The maximum atomic E-state index is 11.8. The lowest BCUT2D eigenvalue weighted by Crippen LogP contribution is -2.29. The van der Waals surface area contributed by atoms with Gasteiger partial charge in [0.25, 0.3) is 5.91 Å². The molecular weight excluding hydrogens is 212 g/mol. The van der Waals surface area contributed by atoms with Crippen LogP contribution in [0.15, 0.2) is 6.07 Å². The van der Waals surface area contributed by atoms with Gasteiger partial charge in [0.05, 0.1) is 11.5 Å². The molecule has 0 unspecified atom stereocenters. The first-order valence-electron chi connectivity index (χ1n) is 4.66. The van der Waals surface area contributed by atoms with Crippen LogP contribution < -0.4 is 5.73 Å². The number of nitrogen functional groups attached to an aromatic ring is 1. The topological polar surface area (TPSA) is 55.6 Å². The van der Waals surface area contributed by atoms with E-state index in [4.69, 9.17) is 10.5 Å². The van der Waals surface area contributed by atoms with E-state index in [1.54, 1.807) is 25.1 Å². The van der Waals surface area contributed by atoms with Crippen molar-refractivity contribution in [2.45, 2.75) is 6.92 Å². The molecule has 15 heavy (non-hydrogen) atoms. The van der Waals surface area contributed by atoms with Gasteiger partial charge in [0.1, 0.15) is 0 Å². The lowest BCUT2D eigenvalue weighted by molar-refractivity contribution is 0.0749. The van der Waals surface area contributed by atoms with Gasteiger partial charge in [-0.3, -0.25) is 4.79 Å². The quantitative estimate of drug-likeness (QED) is 0.846. The van der Waals surface area contributed by atoms with Crippen LogP contribution in [0.25, 0.3) is 0 Å². The molecule has 1 rings (SSSR count). The Morgan fingerprint density at radius 3 is 2.80 bits per heavy atom. The van der Waals surface area contributed by atoms with E-state index in [0.717, 1.165) is 4.88 Å². The highest BCUT2D eigenvalue weighted by Gasteiger charge is 2.14. The molecule has 0 bridgehead atoms. The molecule has 0 radical (unpaired) electrons. The minimum Gasteiger partial charge on any atom is -0.398 e. The Balaban J connectivity index is 2.67. The number of nitrogens with zero attached hydrogens (tertiary/aromatic N) is 1. The summed E-state index contributed by atoms with van der Waals surface area (Å²) in [5.41, 5.74) is 6.38. The number of amides is 1. The molecule has 2 N–H and O–H groups in total. The number of nitrogens with two attached hydrogens (primary N) is 1. The van der Waals surface area contributed by atoms with Crippen molar-refractivity contribution in [1.82, 2.24) is 4.90 Å². The molecule has 0 aromatic carbocycles. The van der Waals surface area contributed by atoms with E-state index in [9.17, 15) is 4.79 Å². The Labute approximate surface area is 93.6 Å². The standard InChI is InChI=1S/C10H16N2O2S/c1-7-8(11)6-9(15-7)10(13)12(2)4-5-14-3/h6H,4-5,11H2,1-3H3. The van der Waals surface area contributed by atoms with Crippen molar-refractivity contribution < 1.29 is 9.53 Å². The molecule has 0 spiro atoms. The van der Waals surface area contributed by atoms with Gasteiger partial charge >= 0.3 is 0 Å². The molecule has 4 nitrogen and oxygen atoms in total. The summed E-state index contributed by atoms with van der Waals surface area (Å²) in [7, 11) is 3.37. The van der Waals surface area contributed by atoms with Crippen molar-refractivity contribution in [1.29, 1.82) is 0 Å². The van der Waals surface area contributed by atoms with E-state index in [2.05, 4.69) is 0 Å². The molecule has 1 aromatic heterocycles. The van der Waals surface area contributed by atoms with Crippen LogP contribution in [-0.2, 0) is 4.74 Å². The number of hydrogen-bond donors (Lipinski definition) is 1. The molecule has 1 aromatic rings. The Bertz CT molecular complexity index is 330. The SMILES string of the molecule is COCCN(C)C(=O)c1cc(N)c(C)s1. The zero-order chi connectivity index (χ0) is 11.4. The van der Waals surface area contributed by atoms with E-state index in [1.165, 1.54) is 11.3 Å². The maximum Gasteiger partial charge on any atom is 0.263 e. The second kappa shape index (κ2) is 5.14. The molecule has 5 heteroatoms. The molecule has 84 valence electrons. The van der Waals surface area contributed by atoms with Gasteiger partial charge in [-0.1, -0.05) is 0 Å². The molecule has 0 aliphatic carbocycles. The molecule has 0 fully saturated rings. The Hall–Kier alpha value is -1.07. The summed E-state index contributed by atoms with van der Waals surface area (Å²) in [5.74, 6) is -0.00292. The van der Waals surface area contributed by atoms with E-state index >= 15 is 0 Å². The number of carbonyl (C=O) groups is 1. The number of aryl methyl sites for hydroxylation is 1. The average Bonchev–Trinajstić information content (AvgIpc) is 2.54. The summed E-state index contributed by atoms with van der Waals surface area (Å²) in [4.78, 5) is 15.1. The third-order valence-electron chi connectivity index (χ3n) is 2.14. The Morgan fingerprint density at radius 1 is 1.67 bits per heavy atom. The highest BCUT2D eigenvalue weighted by atomic mass is 32.1. The average molecular weight is 228 g/mol. The van der Waals surface area contributed by atoms with Crippen LogP contribution in [0.5, 0.6) is 0 Å². The van der Waals surface area contributed by atoms with E-state index in [1.807, 2.05) is 6.92 Å². The number of methoxy groups -OCH3 is 1. The first kappa shape index (κ1) is 12.0. The van der Waals surface area contributed by atoms with Crippen LogP contribution in [0, 0.1) is 6.92 Å². The molecule has 1 heterocycles. The number of rotatable bonds is 4. The summed E-state index contributed by atoms with van der Waals surface area (Å²) in [6.07, 6.45) is 0. The normalized spacial score (nSPS) is 10.3. The number of thiophene rings is 1. The van der Waals surface area contributed by atoms with Gasteiger partial charge in [0, 0.05) is 31.3 Å². The van der Waals surface area contributed by atoms with E-state index in [0.29, 0.717) is 23.7 Å². The zero-order valence-electron chi connectivity index (χ0n) is 9.24. The van der Waals surface area contributed by atoms with Gasteiger partial charge in [-0.15, -0.1) is 11.3 Å². The molecule has 0 aliphatic heterocycles. The molecule has 0 atom stereocenters. The fourth-order valence-electron chi connectivity index (χ4n) is 1.12. The predicted molar refractivity (Wildman–Crippen MR) is 62.3 cm³/mol. The van der Waals surface area contributed by atoms with Crippen LogP contribution in [0.2, 0.25) is 0 Å². The van der Waals surface area contributed by atoms with Crippen LogP contribution in [-0.4, -0.2) is 38.1 Å². The van der Waals surface area contributed by atoms with Crippen molar-refractivity contribution in [2.75, 3.05) is 33.0 Å². The fourth-order valence-corrected chi connectivity index (χ4v) is 2.06. The van der Waals surface area contributed by atoms with Crippen molar-refractivity contribution in [3.8, 4) is 0 Å².